The van der Waals surface area contributed by atoms with Gasteiger partial charge in [0.25, 0.3) is 0 Å². The molecule has 180 valence electrons. The highest BCUT2D eigenvalue weighted by Gasteiger charge is 2.38. The van der Waals surface area contributed by atoms with Gasteiger partial charge in [0.15, 0.2) is 0 Å². The van der Waals surface area contributed by atoms with Crippen LogP contribution in [0.3, 0.4) is 0 Å². The second-order valence-electron chi connectivity index (χ2n) is 7.84. The van der Waals surface area contributed by atoms with E-state index in [1.54, 1.807) is 0 Å². The zero-order valence-electron chi connectivity index (χ0n) is 18.4. The van der Waals surface area contributed by atoms with Gasteiger partial charge < -0.3 is 15.5 Å². The monoisotopic (exact) mass is 461 g/mol. The Labute approximate surface area is 185 Å². The Kier molecular flexibility index (Phi) is 10.6. The van der Waals surface area contributed by atoms with E-state index in [4.69, 9.17) is 15.0 Å². The fourth-order valence-electron chi connectivity index (χ4n) is 3.43. The first kappa shape index (κ1) is 27.4. The topological polar surface area (TPSA) is 110 Å². The van der Waals surface area contributed by atoms with Crippen LogP contribution < -0.4 is 5.32 Å². The molecule has 32 heavy (non-hydrogen) atoms. The maximum absolute atomic E-state index is 12.4. The fourth-order valence-corrected chi connectivity index (χ4v) is 3.43. The average molecular weight is 461 g/mol. The average Bonchev–Trinajstić information content (AvgIpc) is 2.89. The molecular formula is C21H30F3N3O5. The Bertz CT molecular complexity index is 801. The van der Waals surface area contributed by atoms with E-state index in [9.17, 15) is 22.8 Å². The smallest absolute Gasteiger partial charge is 0.480 e. The Morgan fingerprint density at radius 2 is 1.78 bits per heavy atom. The number of amides is 1. The van der Waals surface area contributed by atoms with Crippen LogP contribution in [0.1, 0.15) is 30.4 Å². The molecule has 1 aliphatic rings. The van der Waals surface area contributed by atoms with Crippen molar-refractivity contribution in [3.63, 3.8) is 0 Å². The van der Waals surface area contributed by atoms with E-state index in [0.29, 0.717) is 6.54 Å². The SMILES string of the molecule is Cc1ccc(NC(=O)CN2CCCC(N(C)CC(=O)O)CC2)c(C)c1.O=C(O)C(F)(F)F. The second-order valence-corrected chi connectivity index (χ2v) is 7.84. The molecule has 1 aromatic rings. The van der Waals surface area contributed by atoms with Crippen LogP contribution in [0.25, 0.3) is 0 Å². The molecule has 1 saturated heterocycles. The van der Waals surface area contributed by atoms with E-state index < -0.39 is 18.1 Å². The number of hydrogen-bond donors (Lipinski definition) is 3. The minimum Gasteiger partial charge on any atom is -0.480 e. The van der Waals surface area contributed by atoms with E-state index >= 15 is 0 Å². The molecule has 0 saturated carbocycles. The normalized spacial score (nSPS) is 17.2. The van der Waals surface area contributed by atoms with Gasteiger partial charge in [-0.25, -0.2) is 4.79 Å². The van der Waals surface area contributed by atoms with Crippen LogP contribution in [0.4, 0.5) is 18.9 Å². The molecule has 0 spiro atoms. The van der Waals surface area contributed by atoms with E-state index in [2.05, 4.69) is 16.3 Å². The first-order valence-electron chi connectivity index (χ1n) is 10.1. The van der Waals surface area contributed by atoms with Crippen molar-refractivity contribution in [2.24, 2.45) is 0 Å². The van der Waals surface area contributed by atoms with Crippen LogP contribution >= 0.6 is 0 Å². The molecule has 1 aliphatic heterocycles. The van der Waals surface area contributed by atoms with E-state index in [-0.39, 0.29) is 18.5 Å². The third-order valence-corrected chi connectivity index (χ3v) is 5.06. The van der Waals surface area contributed by atoms with Crippen molar-refractivity contribution in [2.75, 3.05) is 38.5 Å². The van der Waals surface area contributed by atoms with Crippen molar-refractivity contribution in [2.45, 2.75) is 45.3 Å². The van der Waals surface area contributed by atoms with Crippen molar-refractivity contribution in [1.82, 2.24) is 9.80 Å². The third-order valence-electron chi connectivity index (χ3n) is 5.06. The van der Waals surface area contributed by atoms with Gasteiger partial charge in [-0.1, -0.05) is 17.7 Å². The third kappa shape index (κ3) is 10.1. The lowest BCUT2D eigenvalue weighted by Crippen LogP contribution is -2.37. The molecule has 1 aromatic carbocycles. The lowest BCUT2D eigenvalue weighted by atomic mass is 10.1. The van der Waals surface area contributed by atoms with Crippen molar-refractivity contribution in [3.8, 4) is 0 Å². The minimum absolute atomic E-state index is 0.00398. The molecule has 1 atom stereocenters. The quantitative estimate of drug-likeness (QED) is 0.598. The zero-order chi connectivity index (χ0) is 24.5. The fraction of sp³-hybridized carbons (Fsp3) is 0.571. The number of benzene rings is 1. The van der Waals surface area contributed by atoms with Crippen molar-refractivity contribution >= 4 is 23.5 Å². The molecule has 1 heterocycles. The number of carboxylic acids is 2. The van der Waals surface area contributed by atoms with E-state index in [0.717, 1.165) is 43.6 Å². The summed E-state index contributed by atoms with van der Waals surface area (Å²) in [6.07, 6.45) is -2.24. The molecule has 1 unspecified atom stereocenters. The summed E-state index contributed by atoms with van der Waals surface area (Å²) in [6, 6.07) is 6.27. The van der Waals surface area contributed by atoms with Gasteiger partial charge in [-0.2, -0.15) is 13.2 Å². The second kappa shape index (κ2) is 12.4. The van der Waals surface area contributed by atoms with E-state index in [1.807, 2.05) is 37.9 Å². The number of aryl methyl sites for hydroxylation is 2. The van der Waals surface area contributed by atoms with Crippen LogP contribution in [-0.4, -0.2) is 83.3 Å². The largest absolute Gasteiger partial charge is 0.490 e. The Morgan fingerprint density at radius 3 is 2.31 bits per heavy atom. The molecular weight excluding hydrogens is 431 g/mol. The summed E-state index contributed by atoms with van der Waals surface area (Å²) < 4.78 is 31.7. The van der Waals surface area contributed by atoms with Crippen molar-refractivity contribution < 1.29 is 37.8 Å². The summed E-state index contributed by atoms with van der Waals surface area (Å²) in [7, 11) is 1.86. The molecule has 1 amide bonds. The first-order chi connectivity index (χ1) is 14.8. The predicted octanol–water partition coefficient (Wildman–Crippen LogP) is 2.75. The first-order valence-corrected chi connectivity index (χ1v) is 10.1. The number of likely N-dealkylation sites (N-methyl/N-ethyl adjacent to an activating group) is 1. The Hall–Kier alpha value is -2.66. The summed E-state index contributed by atoms with van der Waals surface area (Å²) in [6.45, 7) is 6.16. The van der Waals surface area contributed by atoms with Crippen LogP contribution in [0.2, 0.25) is 0 Å². The van der Waals surface area contributed by atoms with Crippen LogP contribution in [0, 0.1) is 13.8 Å². The minimum atomic E-state index is -5.08. The number of nitrogens with zero attached hydrogens (tertiary/aromatic N) is 2. The molecule has 11 heteroatoms. The number of carbonyl (C=O) groups is 3. The number of rotatable bonds is 6. The molecule has 0 radical (unpaired) electrons. The molecule has 0 aliphatic carbocycles. The maximum atomic E-state index is 12.4. The number of carbonyl (C=O) groups excluding carboxylic acids is 1. The highest BCUT2D eigenvalue weighted by molar-refractivity contribution is 5.93. The van der Waals surface area contributed by atoms with Crippen molar-refractivity contribution in [1.29, 1.82) is 0 Å². The molecule has 1 fully saturated rings. The molecule has 3 N–H and O–H groups in total. The van der Waals surface area contributed by atoms with Gasteiger partial charge in [-0.05, 0) is 58.3 Å². The zero-order valence-corrected chi connectivity index (χ0v) is 18.4. The van der Waals surface area contributed by atoms with Gasteiger partial charge in [0.2, 0.25) is 5.91 Å². The van der Waals surface area contributed by atoms with Crippen LogP contribution in [0.15, 0.2) is 18.2 Å². The Morgan fingerprint density at radius 1 is 1.16 bits per heavy atom. The molecule has 0 aromatic heterocycles. The lowest BCUT2D eigenvalue weighted by Gasteiger charge is -2.25. The van der Waals surface area contributed by atoms with Gasteiger partial charge in [0.1, 0.15) is 0 Å². The number of hydrogen-bond acceptors (Lipinski definition) is 5. The van der Waals surface area contributed by atoms with Gasteiger partial charge in [0, 0.05) is 18.3 Å². The summed E-state index contributed by atoms with van der Waals surface area (Å²) in [4.78, 5) is 36.2. The molecule has 2 rings (SSSR count). The number of nitrogens with one attached hydrogen (secondary N) is 1. The molecule has 8 nitrogen and oxygen atoms in total. The van der Waals surface area contributed by atoms with Crippen molar-refractivity contribution in [3.05, 3.63) is 29.3 Å². The van der Waals surface area contributed by atoms with Crippen LogP contribution in [-0.2, 0) is 14.4 Å². The number of alkyl halides is 3. The Balaban J connectivity index is 0.000000633. The van der Waals surface area contributed by atoms with Crippen LogP contribution in [0.5, 0.6) is 0 Å². The van der Waals surface area contributed by atoms with E-state index in [1.165, 1.54) is 5.56 Å². The predicted molar refractivity (Wildman–Crippen MR) is 113 cm³/mol. The van der Waals surface area contributed by atoms with Gasteiger partial charge >= 0.3 is 18.1 Å². The summed E-state index contributed by atoms with van der Waals surface area (Å²) in [5.41, 5.74) is 3.11. The summed E-state index contributed by atoms with van der Waals surface area (Å²) in [5, 5.41) is 19.1. The lowest BCUT2D eigenvalue weighted by molar-refractivity contribution is -0.192. The standard InChI is InChI=1S/C19H29N3O3.C2HF3O2/c1-14-6-7-17(15(2)11-14)20-18(23)12-22-9-4-5-16(8-10-22)21(3)13-19(24)25;3-2(4,5)1(6)7/h6-7,11,16H,4-5,8-10,12-13H2,1-3H3,(H,20,23)(H,24,25);(H,6,7). The van der Waals surface area contributed by atoms with Gasteiger partial charge in [-0.15, -0.1) is 0 Å². The maximum Gasteiger partial charge on any atom is 0.490 e. The number of anilines is 1. The number of aliphatic carboxylic acids is 2. The molecule has 0 bridgehead atoms. The summed E-state index contributed by atoms with van der Waals surface area (Å²) >= 11 is 0. The number of carboxylic acid groups (broad SMARTS) is 2. The number of halogens is 3. The number of likely N-dealkylation sites (tertiary alicyclic amines) is 1. The van der Waals surface area contributed by atoms with Gasteiger partial charge in [0.05, 0.1) is 13.1 Å². The summed E-state index contributed by atoms with van der Waals surface area (Å²) in [5.74, 6) is -3.55. The van der Waals surface area contributed by atoms with Gasteiger partial charge in [-0.3, -0.25) is 19.4 Å². The highest BCUT2D eigenvalue weighted by atomic mass is 19.4. The highest BCUT2D eigenvalue weighted by Crippen LogP contribution is 2.18.